The van der Waals surface area contributed by atoms with Crippen molar-refractivity contribution in [3.05, 3.63) is 54.1 Å². The lowest BCUT2D eigenvalue weighted by molar-refractivity contribution is -0.152. The molecule has 2 atom stereocenters. The number of likely N-dealkylation sites (N-methyl/N-ethyl adjacent to an activating group) is 1. The molecule has 0 N–H and O–H groups in total. The summed E-state index contributed by atoms with van der Waals surface area (Å²) < 4.78 is 10.8. The third kappa shape index (κ3) is 5.56. The fourth-order valence-corrected chi connectivity index (χ4v) is 4.56. The molecule has 30 heavy (non-hydrogen) atoms. The van der Waals surface area contributed by atoms with Crippen LogP contribution in [-0.2, 0) is 14.3 Å². The van der Waals surface area contributed by atoms with Crippen molar-refractivity contribution in [1.29, 1.82) is 0 Å². The molecule has 3 rings (SSSR count). The second-order valence-corrected chi connectivity index (χ2v) is 8.29. The lowest BCUT2D eigenvalue weighted by atomic mass is 10.1. The molecule has 2 aromatic rings. The van der Waals surface area contributed by atoms with Crippen LogP contribution in [0.25, 0.3) is 0 Å². The molecule has 0 unspecified atom stereocenters. The number of benzene rings is 2. The van der Waals surface area contributed by atoms with Crippen LogP contribution in [-0.4, -0.2) is 57.2 Å². The predicted molar refractivity (Wildman–Crippen MR) is 125 cm³/mol. The number of ether oxygens (including phenoxy) is 2. The summed E-state index contributed by atoms with van der Waals surface area (Å²) in [7, 11) is 5.54. The first-order chi connectivity index (χ1) is 13.9. The smallest absolute Gasteiger partial charge is 0.303 e. The minimum Gasteiger partial charge on any atom is -0.497 e. The Morgan fingerprint density at radius 3 is 2.40 bits per heavy atom. The Morgan fingerprint density at radius 2 is 1.80 bits per heavy atom. The van der Waals surface area contributed by atoms with Crippen LogP contribution in [0, 0.1) is 0 Å². The Labute approximate surface area is 192 Å². The normalized spacial score (nSPS) is 18.3. The molecule has 1 heterocycles. The van der Waals surface area contributed by atoms with Crippen LogP contribution in [0.15, 0.2) is 53.4 Å². The van der Waals surface area contributed by atoms with E-state index in [0.717, 1.165) is 21.9 Å². The van der Waals surface area contributed by atoms with Gasteiger partial charge in [-0.1, -0.05) is 24.3 Å². The van der Waals surface area contributed by atoms with E-state index in [1.54, 1.807) is 23.8 Å². The number of nitrogens with zero attached hydrogens (tertiary/aromatic N) is 2. The van der Waals surface area contributed by atoms with Gasteiger partial charge in [-0.3, -0.25) is 9.59 Å². The molecule has 0 fully saturated rings. The molecule has 1 amide bonds. The van der Waals surface area contributed by atoms with Gasteiger partial charge in [0.25, 0.3) is 5.91 Å². The number of halogens is 1. The first-order valence-corrected chi connectivity index (χ1v) is 10.3. The molecule has 0 bridgehead atoms. The Bertz CT molecular complexity index is 876. The Kier molecular flexibility index (Phi) is 8.76. The van der Waals surface area contributed by atoms with Crippen molar-refractivity contribution in [2.45, 2.75) is 23.2 Å². The van der Waals surface area contributed by atoms with Crippen molar-refractivity contribution in [2.24, 2.45) is 0 Å². The zero-order valence-electron chi connectivity index (χ0n) is 17.5. The van der Waals surface area contributed by atoms with Gasteiger partial charge < -0.3 is 19.3 Å². The topological polar surface area (TPSA) is 59.1 Å². The second-order valence-electron chi connectivity index (χ2n) is 7.10. The molecule has 0 saturated heterocycles. The number of hydrogen-bond acceptors (Lipinski definition) is 6. The van der Waals surface area contributed by atoms with E-state index < -0.39 is 12.1 Å². The van der Waals surface area contributed by atoms with Gasteiger partial charge in [0.2, 0.25) is 0 Å². The molecule has 0 spiro atoms. The number of carbonyl (C=O) groups excluding carboxylic acids is 2. The molecule has 2 aromatic carbocycles. The Hall–Kier alpha value is -2.03. The standard InChI is InChI=1S/C22H26N2O4S.BrH/c1-15(25)28-20-21(16-9-11-17(27-4)12-10-16)29-19-8-6-5-7-18(19)24(22(20)26)14-13-23(2)3;/h5-12,20-21H,13-14H2,1-4H3;1H/t20-,21+;/m1./s1. The van der Waals surface area contributed by atoms with Crippen molar-refractivity contribution in [2.75, 3.05) is 39.2 Å². The molecular weight excluding hydrogens is 468 g/mol. The zero-order chi connectivity index (χ0) is 21.0. The number of anilines is 1. The number of carbonyl (C=O) groups is 2. The van der Waals surface area contributed by atoms with Crippen LogP contribution < -0.4 is 9.64 Å². The van der Waals surface area contributed by atoms with Gasteiger partial charge in [0.05, 0.1) is 18.0 Å². The van der Waals surface area contributed by atoms with Crippen LogP contribution in [0.1, 0.15) is 17.7 Å². The van der Waals surface area contributed by atoms with E-state index in [4.69, 9.17) is 9.47 Å². The summed E-state index contributed by atoms with van der Waals surface area (Å²) in [4.78, 5) is 30.2. The lowest BCUT2D eigenvalue weighted by Crippen LogP contribution is -2.45. The van der Waals surface area contributed by atoms with Crippen molar-refractivity contribution in [1.82, 2.24) is 4.90 Å². The summed E-state index contributed by atoms with van der Waals surface area (Å²) in [6.45, 7) is 2.55. The van der Waals surface area contributed by atoms with Crippen molar-refractivity contribution < 1.29 is 19.1 Å². The van der Waals surface area contributed by atoms with Crippen LogP contribution in [0.5, 0.6) is 5.75 Å². The molecule has 8 heteroatoms. The molecule has 0 aromatic heterocycles. The third-order valence-electron chi connectivity index (χ3n) is 4.70. The number of para-hydroxylation sites is 1. The number of thioether (sulfide) groups is 1. The summed E-state index contributed by atoms with van der Waals surface area (Å²) in [5.41, 5.74) is 1.75. The van der Waals surface area contributed by atoms with Gasteiger partial charge in [0, 0.05) is 24.9 Å². The molecule has 1 aliphatic rings. The molecular formula is C22H27BrN2O4S. The van der Waals surface area contributed by atoms with Gasteiger partial charge in [-0.25, -0.2) is 0 Å². The van der Waals surface area contributed by atoms with Crippen LogP contribution in [0.2, 0.25) is 0 Å². The molecule has 162 valence electrons. The van der Waals surface area contributed by atoms with E-state index >= 15 is 0 Å². The largest absolute Gasteiger partial charge is 0.497 e. The minimum absolute atomic E-state index is 0. The molecule has 1 aliphatic heterocycles. The number of methoxy groups -OCH3 is 1. The van der Waals surface area contributed by atoms with Gasteiger partial charge in [-0.05, 0) is 43.9 Å². The lowest BCUT2D eigenvalue weighted by Gasteiger charge is -2.28. The molecule has 6 nitrogen and oxygen atoms in total. The van der Waals surface area contributed by atoms with E-state index in [0.29, 0.717) is 13.1 Å². The highest BCUT2D eigenvalue weighted by Crippen LogP contribution is 2.46. The molecule has 0 radical (unpaired) electrons. The van der Waals surface area contributed by atoms with Crippen molar-refractivity contribution in [3.63, 3.8) is 0 Å². The number of hydrogen-bond donors (Lipinski definition) is 0. The van der Waals surface area contributed by atoms with Gasteiger partial charge in [-0.2, -0.15) is 0 Å². The highest BCUT2D eigenvalue weighted by molar-refractivity contribution is 8.93. The zero-order valence-corrected chi connectivity index (χ0v) is 20.1. The van der Waals surface area contributed by atoms with E-state index in [2.05, 4.69) is 0 Å². The Balaban J connectivity index is 0.00000320. The molecule has 0 aliphatic carbocycles. The van der Waals surface area contributed by atoms with Crippen molar-refractivity contribution >= 4 is 46.3 Å². The van der Waals surface area contributed by atoms with Gasteiger partial charge >= 0.3 is 5.97 Å². The quantitative estimate of drug-likeness (QED) is 0.566. The van der Waals surface area contributed by atoms with Crippen LogP contribution in [0.4, 0.5) is 5.69 Å². The fourth-order valence-electron chi connectivity index (χ4n) is 3.24. The van der Waals surface area contributed by atoms with Gasteiger partial charge in [0.1, 0.15) is 5.75 Å². The average molecular weight is 495 g/mol. The first kappa shape index (κ1) is 24.2. The monoisotopic (exact) mass is 494 g/mol. The first-order valence-electron chi connectivity index (χ1n) is 9.43. The summed E-state index contributed by atoms with van der Waals surface area (Å²) in [5, 5.41) is -0.359. The van der Waals surface area contributed by atoms with E-state index in [1.807, 2.05) is 67.5 Å². The van der Waals surface area contributed by atoms with Crippen LogP contribution in [0.3, 0.4) is 0 Å². The SMILES string of the molecule is Br.COc1ccc([C@@H]2Sc3ccccc3N(CCN(C)C)C(=O)[C@@H]2OC(C)=O)cc1. The van der Waals surface area contributed by atoms with Crippen molar-refractivity contribution in [3.8, 4) is 5.75 Å². The maximum Gasteiger partial charge on any atom is 0.303 e. The minimum atomic E-state index is -0.916. The second kappa shape index (κ2) is 10.8. The maximum absolute atomic E-state index is 13.6. The number of amides is 1. The molecule has 0 saturated carbocycles. The van der Waals surface area contributed by atoms with E-state index in [9.17, 15) is 9.59 Å². The average Bonchev–Trinajstić information content (AvgIpc) is 2.81. The number of rotatable bonds is 6. The summed E-state index contributed by atoms with van der Waals surface area (Å²) in [6.07, 6.45) is -0.916. The highest BCUT2D eigenvalue weighted by atomic mass is 79.9. The van der Waals surface area contributed by atoms with E-state index in [1.165, 1.54) is 6.92 Å². The summed E-state index contributed by atoms with van der Waals surface area (Å²) in [6, 6.07) is 15.4. The summed E-state index contributed by atoms with van der Waals surface area (Å²) >= 11 is 1.54. The third-order valence-corrected chi connectivity index (χ3v) is 6.07. The van der Waals surface area contributed by atoms with Gasteiger partial charge in [0.15, 0.2) is 6.10 Å². The van der Waals surface area contributed by atoms with E-state index in [-0.39, 0.29) is 28.1 Å². The summed E-state index contributed by atoms with van der Waals surface area (Å²) in [5.74, 6) is 0.0528. The Morgan fingerprint density at radius 1 is 1.13 bits per heavy atom. The number of fused-ring (bicyclic) bond motifs is 1. The fraction of sp³-hybridized carbons (Fsp3) is 0.364. The highest BCUT2D eigenvalue weighted by Gasteiger charge is 2.40. The van der Waals surface area contributed by atoms with Gasteiger partial charge in [-0.15, -0.1) is 28.7 Å². The van der Waals surface area contributed by atoms with Crippen LogP contribution >= 0.6 is 28.7 Å². The predicted octanol–water partition coefficient (Wildman–Crippen LogP) is 3.95. The maximum atomic E-state index is 13.6. The number of esters is 1.